The van der Waals surface area contributed by atoms with E-state index in [-0.39, 0.29) is 28.0 Å². The Bertz CT molecular complexity index is 1550. The van der Waals surface area contributed by atoms with Crippen molar-refractivity contribution in [1.82, 2.24) is 0 Å². The molecule has 0 aliphatic rings. The molecule has 3 rings (SSSR count). The second kappa shape index (κ2) is 40.6. The van der Waals surface area contributed by atoms with Crippen LogP contribution in [0.4, 0.5) is 11.4 Å². The molecule has 3 aromatic rings. The zero-order chi connectivity index (χ0) is 43.9. The van der Waals surface area contributed by atoms with Crippen molar-refractivity contribution in [3.05, 3.63) is 96.1 Å². The maximum Gasteiger partial charge on any atom is 2.00 e. The van der Waals surface area contributed by atoms with E-state index in [4.69, 9.17) is 9.98 Å². The minimum absolute atomic E-state index is 0. The molecule has 0 aliphatic heterocycles. The van der Waals surface area contributed by atoms with Gasteiger partial charge in [0, 0.05) is 0 Å². The van der Waals surface area contributed by atoms with Gasteiger partial charge in [-0.2, -0.15) is 0 Å². The summed E-state index contributed by atoms with van der Waals surface area (Å²) in [5.74, 6) is -0.707. The average molecular weight is 892 g/mol. The predicted molar refractivity (Wildman–Crippen MR) is 266 cm³/mol. The molecule has 348 valence electrons. The van der Waals surface area contributed by atoms with Crippen molar-refractivity contribution in [2.45, 2.75) is 227 Å². The van der Waals surface area contributed by atoms with E-state index in [1.165, 1.54) is 173 Å². The van der Waals surface area contributed by atoms with Crippen LogP contribution in [0.15, 0.2) is 94.9 Å². The predicted octanol–water partition coefficient (Wildman–Crippen LogP) is 17.5. The molecule has 62 heavy (non-hydrogen) atoms. The Morgan fingerprint density at radius 3 is 1.32 bits per heavy atom. The van der Waals surface area contributed by atoms with Gasteiger partial charge in [0.1, 0.15) is 0 Å². The molecule has 0 saturated heterocycles. The molecular formula is C57H88N2NiO2. The van der Waals surface area contributed by atoms with Crippen LogP contribution in [0.25, 0.3) is 0 Å². The van der Waals surface area contributed by atoms with Crippen molar-refractivity contribution in [3.8, 4) is 11.5 Å². The van der Waals surface area contributed by atoms with Gasteiger partial charge in [-0.1, -0.05) is 253 Å². The first kappa shape index (κ1) is 56.9. The SMILES string of the molecule is CCCCCCCCCCCCCCCCCCCCCCCCCCC=CC(=Nc1ccccc1)C(CCCCC)=Nc1ccccc1.CCCc1cc(C)cc([O-])c1[O-].[Ni+2]. The Balaban J connectivity index is 0.00000127. The molecule has 0 aromatic heterocycles. The number of nitrogens with zero attached hydrogens (tertiary/aromatic N) is 2. The Morgan fingerprint density at radius 2 is 0.887 bits per heavy atom. The van der Waals surface area contributed by atoms with Gasteiger partial charge in [-0.05, 0) is 69.4 Å². The summed E-state index contributed by atoms with van der Waals surface area (Å²) in [6.07, 6.45) is 46.3. The number of hydrogen-bond donors (Lipinski definition) is 0. The summed E-state index contributed by atoms with van der Waals surface area (Å²) in [6, 6.07) is 23.9. The van der Waals surface area contributed by atoms with E-state index in [1.54, 1.807) is 6.07 Å². The number of unbranched alkanes of at least 4 members (excludes halogenated alkanes) is 26. The molecule has 0 N–H and O–H groups in total. The van der Waals surface area contributed by atoms with Crippen molar-refractivity contribution in [3.63, 3.8) is 0 Å². The van der Waals surface area contributed by atoms with Crippen LogP contribution in [0.3, 0.4) is 0 Å². The molecule has 0 unspecified atom stereocenters. The van der Waals surface area contributed by atoms with E-state index in [0.29, 0.717) is 12.0 Å². The zero-order valence-corrected chi connectivity index (χ0v) is 41.0. The van der Waals surface area contributed by atoms with Crippen molar-refractivity contribution < 1.29 is 26.7 Å². The van der Waals surface area contributed by atoms with Gasteiger partial charge in [-0.25, -0.2) is 4.99 Å². The molecule has 3 aromatic carbocycles. The Labute approximate surface area is 392 Å². The van der Waals surface area contributed by atoms with Gasteiger partial charge < -0.3 is 10.2 Å². The first-order valence-electron chi connectivity index (χ1n) is 25.4. The first-order chi connectivity index (χ1) is 30.0. The second-order valence-corrected chi connectivity index (χ2v) is 17.5. The van der Waals surface area contributed by atoms with Crippen LogP contribution in [0.2, 0.25) is 0 Å². The molecular weight excluding hydrogens is 803 g/mol. The molecule has 0 radical (unpaired) electrons. The van der Waals surface area contributed by atoms with Crippen LogP contribution in [-0.2, 0) is 22.9 Å². The molecule has 0 fully saturated rings. The third-order valence-corrected chi connectivity index (χ3v) is 11.6. The zero-order valence-electron chi connectivity index (χ0n) is 40.0. The second-order valence-electron chi connectivity index (χ2n) is 17.5. The fourth-order valence-corrected chi connectivity index (χ4v) is 7.97. The number of rotatable bonds is 35. The van der Waals surface area contributed by atoms with Crippen molar-refractivity contribution >= 4 is 22.8 Å². The van der Waals surface area contributed by atoms with Crippen molar-refractivity contribution in [2.75, 3.05) is 0 Å². The standard InChI is InChI=1S/C47H76N2.C10H14O2.Ni/c1-3-5-7-8-9-10-11-12-13-14-15-16-17-18-19-20-21-22-23-24-25-26-27-28-29-37-43-47(49-45-40-35-31-36-41-45)46(42-32-6-4-2)48-44-38-33-30-34-39-44;1-3-4-8-5-7(2)6-9(11)10(8)12;/h30-31,33-41,43H,3-29,32,42H2,1-2H3;5-6,11-12H,3-4H2,1-2H3;/q;;+2/p-2. The topological polar surface area (TPSA) is 70.8 Å². The summed E-state index contributed by atoms with van der Waals surface area (Å²) in [6.45, 7) is 8.39. The summed E-state index contributed by atoms with van der Waals surface area (Å²) in [4.78, 5) is 10.1. The van der Waals surface area contributed by atoms with E-state index in [1.807, 2.05) is 13.8 Å². The van der Waals surface area contributed by atoms with Gasteiger partial charge in [0.15, 0.2) is 0 Å². The normalized spacial score (nSPS) is 11.7. The number of aliphatic imine (C=N–C) groups is 2. The maximum absolute atomic E-state index is 11.2. The monoisotopic (exact) mass is 891 g/mol. The van der Waals surface area contributed by atoms with Gasteiger partial charge in [-0.15, -0.1) is 11.5 Å². The Hall–Kier alpha value is -3.17. The average Bonchev–Trinajstić information content (AvgIpc) is 3.27. The maximum atomic E-state index is 11.2. The largest absolute Gasteiger partial charge is 2.00 e. The summed E-state index contributed by atoms with van der Waals surface area (Å²) in [5, 5.41) is 22.2. The van der Waals surface area contributed by atoms with Crippen LogP contribution in [0.1, 0.15) is 225 Å². The summed E-state index contributed by atoms with van der Waals surface area (Å²) in [5.41, 5.74) is 5.64. The van der Waals surface area contributed by atoms with Crippen LogP contribution in [-0.4, -0.2) is 11.4 Å². The minimum Gasteiger partial charge on any atom is -0.873 e. The number of aryl methyl sites for hydroxylation is 2. The van der Waals surface area contributed by atoms with Crippen LogP contribution in [0.5, 0.6) is 11.5 Å². The van der Waals surface area contributed by atoms with Crippen LogP contribution >= 0.6 is 0 Å². The fourth-order valence-electron chi connectivity index (χ4n) is 7.97. The van der Waals surface area contributed by atoms with E-state index in [9.17, 15) is 10.2 Å². The molecule has 0 bridgehead atoms. The fraction of sp³-hybridized carbons (Fsp3) is 0.614. The Morgan fingerprint density at radius 1 is 0.484 bits per heavy atom. The van der Waals surface area contributed by atoms with E-state index >= 15 is 0 Å². The van der Waals surface area contributed by atoms with Crippen molar-refractivity contribution in [2.24, 2.45) is 9.98 Å². The quantitative estimate of drug-likeness (QED) is 0.0335. The molecule has 0 aliphatic carbocycles. The smallest absolute Gasteiger partial charge is 0.873 e. The molecule has 4 nitrogen and oxygen atoms in total. The van der Waals surface area contributed by atoms with Crippen LogP contribution < -0.4 is 10.2 Å². The van der Waals surface area contributed by atoms with Crippen LogP contribution in [0, 0.1) is 6.92 Å². The third kappa shape index (κ3) is 30.0. The van der Waals surface area contributed by atoms with Gasteiger partial charge in [0.25, 0.3) is 0 Å². The molecule has 5 heteroatoms. The van der Waals surface area contributed by atoms with Gasteiger partial charge in [0.05, 0.1) is 22.8 Å². The summed E-state index contributed by atoms with van der Waals surface area (Å²) >= 11 is 0. The van der Waals surface area contributed by atoms with E-state index in [0.717, 1.165) is 54.0 Å². The number of hydrogen-bond acceptors (Lipinski definition) is 4. The minimum atomic E-state index is -0.376. The molecule has 0 atom stereocenters. The number of para-hydroxylation sites is 2. The van der Waals surface area contributed by atoms with Gasteiger partial charge in [-0.3, -0.25) is 4.99 Å². The molecule has 0 saturated carbocycles. The van der Waals surface area contributed by atoms with Gasteiger partial charge in [0.2, 0.25) is 0 Å². The molecule has 0 heterocycles. The number of allylic oxidation sites excluding steroid dienone is 2. The van der Waals surface area contributed by atoms with E-state index in [2.05, 4.69) is 86.7 Å². The summed E-state index contributed by atoms with van der Waals surface area (Å²) in [7, 11) is 0. The third-order valence-electron chi connectivity index (χ3n) is 11.6. The molecule has 0 spiro atoms. The first-order valence-corrected chi connectivity index (χ1v) is 25.4. The number of benzene rings is 3. The molecule has 0 amide bonds. The van der Waals surface area contributed by atoms with E-state index < -0.39 is 0 Å². The van der Waals surface area contributed by atoms with Gasteiger partial charge >= 0.3 is 16.5 Å². The van der Waals surface area contributed by atoms with Crippen molar-refractivity contribution in [1.29, 1.82) is 0 Å². The summed E-state index contributed by atoms with van der Waals surface area (Å²) < 4.78 is 0. The Kier molecular flexibility index (Phi) is 37.2.